The average Bonchev–Trinajstić information content (AvgIpc) is 2.94. The van der Waals surface area contributed by atoms with E-state index in [-0.39, 0.29) is 22.6 Å². The minimum atomic E-state index is -0.941. The summed E-state index contributed by atoms with van der Waals surface area (Å²) in [5, 5.41) is 20.5. The number of unbranched alkanes of at least 4 members (excludes halogenated alkanes) is 4. The standard InChI is InChI=1S/C30H31NO8/c1-21(29(32)33)8-6-4-3-5-7-19-38-26-16-11-23(12-17-26)30(34)39-28-18-13-24(20-27(28)31(35)36)22-9-14-25(37-2)15-10-22/h9-18,20H,1,3-8,19H2,2H3,(H,32,33). The monoisotopic (exact) mass is 533 g/mol. The fourth-order valence-electron chi connectivity index (χ4n) is 3.82. The zero-order valence-electron chi connectivity index (χ0n) is 21.8. The number of carbonyl (C=O) groups excluding carboxylic acids is 1. The molecule has 9 nitrogen and oxygen atoms in total. The first-order valence-corrected chi connectivity index (χ1v) is 12.6. The van der Waals surface area contributed by atoms with Crippen molar-refractivity contribution in [1.82, 2.24) is 0 Å². The van der Waals surface area contributed by atoms with E-state index in [4.69, 9.17) is 19.3 Å². The number of benzene rings is 3. The summed E-state index contributed by atoms with van der Waals surface area (Å²) in [7, 11) is 1.56. The highest BCUT2D eigenvalue weighted by Crippen LogP contribution is 2.33. The van der Waals surface area contributed by atoms with E-state index < -0.39 is 16.9 Å². The number of nitro groups is 1. The highest BCUT2D eigenvalue weighted by Gasteiger charge is 2.20. The van der Waals surface area contributed by atoms with Gasteiger partial charge in [-0.15, -0.1) is 0 Å². The van der Waals surface area contributed by atoms with E-state index >= 15 is 0 Å². The van der Waals surface area contributed by atoms with Gasteiger partial charge in [-0.2, -0.15) is 0 Å². The molecule has 204 valence electrons. The van der Waals surface area contributed by atoms with Gasteiger partial charge in [0.15, 0.2) is 0 Å². The van der Waals surface area contributed by atoms with Gasteiger partial charge in [-0.1, -0.05) is 44.0 Å². The summed E-state index contributed by atoms with van der Waals surface area (Å²) >= 11 is 0. The summed E-state index contributed by atoms with van der Waals surface area (Å²) in [6.07, 6.45) is 5.03. The smallest absolute Gasteiger partial charge is 0.343 e. The number of carbonyl (C=O) groups is 2. The van der Waals surface area contributed by atoms with Crippen LogP contribution in [0.3, 0.4) is 0 Å². The molecule has 1 N–H and O–H groups in total. The quantitative estimate of drug-likeness (QED) is 0.0561. The van der Waals surface area contributed by atoms with E-state index in [9.17, 15) is 19.7 Å². The molecule has 0 saturated heterocycles. The van der Waals surface area contributed by atoms with E-state index in [1.165, 1.54) is 12.1 Å². The zero-order valence-corrected chi connectivity index (χ0v) is 21.8. The summed E-state index contributed by atoms with van der Waals surface area (Å²) in [6, 6.07) is 17.9. The van der Waals surface area contributed by atoms with Crippen molar-refractivity contribution in [3.05, 3.63) is 94.6 Å². The normalized spacial score (nSPS) is 10.5. The summed E-state index contributed by atoms with van der Waals surface area (Å²) in [4.78, 5) is 34.5. The third-order valence-electron chi connectivity index (χ3n) is 6.07. The summed E-state index contributed by atoms with van der Waals surface area (Å²) < 4.78 is 16.2. The lowest BCUT2D eigenvalue weighted by atomic mass is 10.0. The predicted octanol–water partition coefficient (Wildman–Crippen LogP) is 6.85. The SMILES string of the molecule is C=C(CCCCCCCOc1ccc(C(=O)Oc2ccc(-c3ccc(OC)cc3)cc2[N+](=O)[O-])cc1)C(=O)O. The molecule has 0 aliphatic carbocycles. The molecule has 0 aromatic heterocycles. The number of nitro benzene ring substituents is 1. The third-order valence-corrected chi connectivity index (χ3v) is 6.07. The van der Waals surface area contributed by atoms with Gasteiger partial charge in [-0.25, -0.2) is 9.59 Å². The molecular formula is C30H31NO8. The summed E-state index contributed by atoms with van der Waals surface area (Å²) in [5.74, 6) is -0.533. The fourth-order valence-corrected chi connectivity index (χ4v) is 3.82. The van der Waals surface area contributed by atoms with Crippen LogP contribution in [0, 0.1) is 10.1 Å². The van der Waals surface area contributed by atoms with Gasteiger partial charge < -0.3 is 19.3 Å². The van der Waals surface area contributed by atoms with Crippen LogP contribution in [0.15, 0.2) is 78.9 Å². The van der Waals surface area contributed by atoms with Gasteiger partial charge in [0.2, 0.25) is 5.75 Å². The maximum Gasteiger partial charge on any atom is 0.343 e. The van der Waals surface area contributed by atoms with Crippen LogP contribution < -0.4 is 14.2 Å². The van der Waals surface area contributed by atoms with Crippen molar-refractivity contribution in [2.45, 2.75) is 38.5 Å². The van der Waals surface area contributed by atoms with Crippen molar-refractivity contribution in [3.63, 3.8) is 0 Å². The van der Waals surface area contributed by atoms with E-state index in [1.807, 2.05) is 0 Å². The molecule has 3 rings (SSSR count). The van der Waals surface area contributed by atoms with Crippen molar-refractivity contribution < 1.29 is 33.8 Å². The van der Waals surface area contributed by atoms with Crippen LogP contribution in [-0.4, -0.2) is 35.7 Å². The second-order valence-electron chi connectivity index (χ2n) is 8.86. The first-order chi connectivity index (χ1) is 18.8. The lowest BCUT2D eigenvalue weighted by Crippen LogP contribution is -2.10. The van der Waals surface area contributed by atoms with Crippen LogP contribution in [0.25, 0.3) is 11.1 Å². The number of ether oxygens (including phenoxy) is 3. The van der Waals surface area contributed by atoms with Crippen LogP contribution in [0.5, 0.6) is 17.2 Å². The van der Waals surface area contributed by atoms with E-state index in [1.54, 1.807) is 61.7 Å². The Morgan fingerprint density at radius 1 is 0.872 bits per heavy atom. The number of hydrogen-bond donors (Lipinski definition) is 1. The minimum Gasteiger partial charge on any atom is -0.497 e. The molecule has 0 bridgehead atoms. The number of carboxylic acids is 1. The lowest BCUT2D eigenvalue weighted by molar-refractivity contribution is -0.385. The Bertz CT molecular complexity index is 1300. The molecule has 0 heterocycles. The van der Waals surface area contributed by atoms with Gasteiger partial charge in [-0.05, 0) is 72.9 Å². The van der Waals surface area contributed by atoms with Crippen LogP contribution in [0.2, 0.25) is 0 Å². The molecule has 0 unspecified atom stereocenters. The van der Waals surface area contributed by atoms with Gasteiger partial charge in [-0.3, -0.25) is 10.1 Å². The Hall–Kier alpha value is -4.66. The van der Waals surface area contributed by atoms with Gasteiger partial charge in [0.1, 0.15) is 11.5 Å². The molecule has 0 radical (unpaired) electrons. The molecule has 0 spiro atoms. The summed E-state index contributed by atoms with van der Waals surface area (Å²) in [6.45, 7) is 4.04. The number of aliphatic carboxylic acids is 1. The maximum atomic E-state index is 12.7. The largest absolute Gasteiger partial charge is 0.497 e. The maximum absolute atomic E-state index is 12.7. The van der Waals surface area contributed by atoms with Gasteiger partial charge in [0, 0.05) is 11.6 Å². The van der Waals surface area contributed by atoms with Crippen LogP contribution in [0.1, 0.15) is 48.9 Å². The number of methoxy groups -OCH3 is 1. The predicted molar refractivity (Wildman–Crippen MR) is 146 cm³/mol. The van der Waals surface area contributed by atoms with Gasteiger partial charge >= 0.3 is 17.6 Å². The van der Waals surface area contributed by atoms with Crippen molar-refractivity contribution >= 4 is 17.6 Å². The fraction of sp³-hybridized carbons (Fsp3) is 0.267. The molecule has 0 aliphatic rings. The molecule has 39 heavy (non-hydrogen) atoms. The summed E-state index contributed by atoms with van der Waals surface area (Å²) in [5.41, 5.74) is 1.53. The first kappa shape index (κ1) is 28.9. The van der Waals surface area contributed by atoms with Crippen molar-refractivity contribution in [2.75, 3.05) is 13.7 Å². The van der Waals surface area contributed by atoms with Crippen LogP contribution in [-0.2, 0) is 4.79 Å². The highest BCUT2D eigenvalue weighted by molar-refractivity contribution is 5.92. The number of nitrogens with zero attached hydrogens (tertiary/aromatic N) is 1. The lowest BCUT2D eigenvalue weighted by Gasteiger charge is -2.09. The van der Waals surface area contributed by atoms with Crippen molar-refractivity contribution in [3.8, 4) is 28.4 Å². The van der Waals surface area contributed by atoms with E-state index in [0.717, 1.165) is 37.7 Å². The topological polar surface area (TPSA) is 125 Å². The second-order valence-corrected chi connectivity index (χ2v) is 8.86. The van der Waals surface area contributed by atoms with Crippen molar-refractivity contribution in [1.29, 1.82) is 0 Å². The van der Waals surface area contributed by atoms with Crippen LogP contribution in [0.4, 0.5) is 5.69 Å². The van der Waals surface area contributed by atoms with Gasteiger partial charge in [0.25, 0.3) is 0 Å². The average molecular weight is 534 g/mol. The molecule has 0 fully saturated rings. The molecule has 3 aromatic rings. The second kappa shape index (κ2) is 14.3. The van der Waals surface area contributed by atoms with Gasteiger partial charge in [0.05, 0.1) is 24.2 Å². The van der Waals surface area contributed by atoms with E-state index in [2.05, 4.69) is 6.58 Å². The number of rotatable bonds is 15. The Labute approximate surface area is 226 Å². The third kappa shape index (κ3) is 8.70. The Morgan fingerprint density at radius 2 is 1.49 bits per heavy atom. The number of carboxylic acid groups (broad SMARTS) is 1. The molecule has 0 saturated carbocycles. The molecular weight excluding hydrogens is 502 g/mol. The zero-order chi connectivity index (χ0) is 28.2. The molecule has 0 atom stereocenters. The number of esters is 1. The number of hydrogen-bond acceptors (Lipinski definition) is 7. The molecule has 0 aliphatic heterocycles. The van der Waals surface area contributed by atoms with Crippen LogP contribution >= 0.6 is 0 Å². The molecule has 0 amide bonds. The molecule has 3 aromatic carbocycles. The molecule has 9 heteroatoms. The van der Waals surface area contributed by atoms with Crippen molar-refractivity contribution in [2.24, 2.45) is 0 Å². The first-order valence-electron chi connectivity index (χ1n) is 12.6. The minimum absolute atomic E-state index is 0.144. The Balaban J connectivity index is 1.49. The Morgan fingerprint density at radius 3 is 2.13 bits per heavy atom. The Kier molecular flexibility index (Phi) is 10.6. The highest BCUT2D eigenvalue weighted by atomic mass is 16.6. The van der Waals surface area contributed by atoms with E-state index in [0.29, 0.717) is 30.1 Å².